The summed E-state index contributed by atoms with van der Waals surface area (Å²) < 4.78 is 24.4. The molecular formula is C8H15N3O2S. The van der Waals surface area contributed by atoms with Gasteiger partial charge in [-0.3, -0.25) is 0 Å². The molecular weight excluding hydrogens is 202 g/mol. The van der Waals surface area contributed by atoms with Gasteiger partial charge in [-0.15, -0.1) is 10.2 Å². The van der Waals surface area contributed by atoms with Crippen molar-refractivity contribution in [1.29, 1.82) is 0 Å². The summed E-state index contributed by atoms with van der Waals surface area (Å²) >= 11 is 0. The van der Waals surface area contributed by atoms with E-state index in [-0.39, 0.29) is 6.04 Å². The first-order valence-electron chi connectivity index (χ1n) is 4.42. The van der Waals surface area contributed by atoms with Crippen LogP contribution in [0.1, 0.15) is 37.9 Å². The second-order valence-corrected chi connectivity index (χ2v) is 6.03. The highest BCUT2D eigenvalue weighted by Crippen LogP contribution is 2.20. The average molecular weight is 217 g/mol. The highest BCUT2D eigenvalue weighted by molar-refractivity contribution is 7.90. The third kappa shape index (κ3) is 2.12. The molecule has 5 nitrogen and oxygen atoms in total. The van der Waals surface area contributed by atoms with Crippen molar-refractivity contribution < 1.29 is 8.42 Å². The Hall–Kier alpha value is -0.910. The summed E-state index contributed by atoms with van der Waals surface area (Å²) in [5.41, 5.74) is 0. The van der Waals surface area contributed by atoms with E-state index >= 15 is 0 Å². The number of sulfone groups is 1. The first-order chi connectivity index (χ1) is 6.34. The average Bonchev–Trinajstić information content (AvgIpc) is 2.48. The zero-order valence-electron chi connectivity index (χ0n) is 8.80. The molecule has 0 aliphatic heterocycles. The van der Waals surface area contributed by atoms with Gasteiger partial charge in [0, 0.05) is 12.3 Å². The third-order valence-corrected chi connectivity index (χ3v) is 3.66. The SMILES string of the molecule is CC(C)n1cnnc1C(C)S(C)(=O)=O. The molecule has 1 aromatic heterocycles. The smallest absolute Gasteiger partial charge is 0.157 e. The molecule has 14 heavy (non-hydrogen) atoms. The van der Waals surface area contributed by atoms with E-state index in [4.69, 9.17) is 0 Å². The maximum atomic E-state index is 11.3. The van der Waals surface area contributed by atoms with Gasteiger partial charge in [0.15, 0.2) is 15.7 Å². The molecule has 0 aliphatic rings. The van der Waals surface area contributed by atoms with Crippen LogP contribution in [-0.2, 0) is 9.84 Å². The van der Waals surface area contributed by atoms with Crippen molar-refractivity contribution in [3.8, 4) is 0 Å². The van der Waals surface area contributed by atoms with E-state index < -0.39 is 15.1 Å². The van der Waals surface area contributed by atoms with Gasteiger partial charge in [-0.1, -0.05) is 0 Å². The topological polar surface area (TPSA) is 64.8 Å². The van der Waals surface area contributed by atoms with E-state index in [2.05, 4.69) is 10.2 Å². The Kier molecular flexibility index (Phi) is 2.94. The number of rotatable bonds is 3. The van der Waals surface area contributed by atoms with E-state index in [9.17, 15) is 8.42 Å². The Morgan fingerprint density at radius 1 is 1.36 bits per heavy atom. The fourth-order valence-electron chi connectivity index (χ4n) is 1.13. The molecule has 1 heterocycles. The fraction of sp³-hybridized carbons (Fsp3) is 0.750. The number of nitrogens with zero attached hydrogens (tertiary/aromatic N) is 3. The van der Waals surface area contributed by atoms with Crippen molar-refractivity contribution >= 4 is 9.84 Å². The van der Waals surface area contributed by atoms with Crippen LogP contribution in [0.2, 0.25) is 0 Å². The third-order valence-electron chi connectivity index (χ3n) is 2.16. The molecule has 0 amide bonds. The Morgan fingerprint density at radius 2 is 1.93 bits per heavy atom. The highest BCUT2D eigenvalue weighted by Gasteiger charge is 2.23. The Balaban J connectivity index is 3.14. The Labute approximate surface area is 84.1 Å². The molecule has 6 heteroatoms. The molecule has 0 aliphatic carbocycles. The second kappa shape index (κ2) is 3.68. The van der Waals surface area contributed by atoms with E-state index in [1.165, 1.54) is 6.26 Å². The lowest BCUT2D eigenvalue weighted by Crippen LogP contribution is -2.15. The van der Waals surface area contributed by atoms with E-state index in [1.807, 2.05) is 13.8 Å². The number of aromatic nitrogens is 3. The standard InChI is InChI=1S/C8H15N3O2S/c1-6(2)11-5-9-10-8(11)7(3)14(4,12)13/h5-7H,1-4H3. The van der Waals surface area contributed by atoms with Crippen LogP contribution in [0.4, 0.5) is 0 Å². The van der Waals surface area contributed by atoms with Crippen molar-refractivity contribution in [2.45, 2.75) is 32.1 Å². The largest absolute Gasteiger partial charge is 0.314 e. The van der Waals surface area contributed by atoms with E-state index in [0.29, 0.717) is 5.82 Å². The van der Waals surface area contributed by atoms with Crippen molar-refractivity contribution in [1.82, 2.24) is 14.8 Å². The molecule has 0 N–H and O–H groups in total. The summed E-state index contributed by atoms with van der Waals surface area (Å²) in [5, 5.41) is 6.96. The summed E-state index contributed by atoms with van der Waals surface area (Å²) in [6.07, 6.45) is 2.76. The number of hydrogen-bond donors (Lipinski definition) is 0. The predicted octanol–water partition coefficient (Wildman–Crippen LogP) is 0.965. The van der Waals surface area contributed by atoms with Crippen LogP contribution in [0.25, 0.3) is 0 Å². The monoisotopic (exact) mass is 217 g/mol. The Bertz CT molecular complexity index is 408. The quantitative estimate of drug-likeness (QED) is 0.756. The van der Waals surface area contributed by atoms with Gasteiger partial charge in [0.25, 0.3) is 0 Å². The minimum Gasteiger partial charge on any atom is -0.314 e. The molecule has 0 spiro atoms. The molecule has 0 aromatic carbocycles. The van der Waals surface area contributed by atoms with Gasteiger partial charge in [-0.05, 0) is 20.8 Å². The molecule has 0 saturated carbocycles. The van der Waals surface area contributed by atoms with Crippen LogP contribution in [0.5, 0.6) is 0 Å². The van der Waals surface area contributed by atoms with Crippen LogP contribution in [0, 0.1) is 0 Å². The summed E-state index contributed by atoms with van der Waals surface area (Å²) in [7, 11) is -3.11. The van der Waals surface area contributed by atoms with Crippen molar-refractivity contribution in [3.05, 3.63) is 12.2 Å². The molecule has 1 rings (SSSR count). The summed E-state index contributed by atoms with van der Waals surface area (Å²) in [6.45, 7) is 5.54. The maximum Gasteiger partial charge on any atom is 0.157 e. The van der Waals surface area contributed by atoms with Gasteiger partial charge < -0.3 is 4.57 Å². The lowest BCUT2D eigenvalue weighted by atomic mass is 10.3. The predicted molar refractivity (Wildman–Crippen MR) is 53.7 cm³/mol. The van der Waals surface area contributed by atoms with Crippen LogP contribution >= 0.6 is 0 Å². The van der Waals surface area contributed by atoms with Crippen LogP contribution in [0.15, 0.2) is 6.33 Å². The lowest BCUT2D eigenvalue weighted by Gasteiger charge is -2.13. The second-order valence-electron chi connectivity index (χ2n) is 3.66. The van der Waals surface area contributed by atoms with Crippen molar-refractivity contribution in [2.75, 3.05) is 6.26 Å². The molecule has 1 unspecified atom stereocenters. The zero-order chi connectivity index (χ0) is 10.9. The molecule has 1 atom stereocenters. The first kappa shape index (κ1) is 11.2. The highest BCUT2D eigenvalue weighted by atomic mass is 32.2. The van der Waals surface area contributed by atoms with E-state index in [0.717, 1.165) is 0 Å². The van der Waals surface area contributed by atoms with Gasteiger partial charge in [-0.2, -0.15) is 0 Å². The summed E-state index contributed by atoms with van der Waals surface area (Å²) in [6, 6.07) is 0.171. The summed E-state index contributed by atoms with van der Waals surface area (Å²) in [5.74, 6) is 0.502. The molecule has 0 bridgehead atoms. The molecule has 0 fully saturated rings. The number of hydrogen-bond acceptors (Lipinski definition) is 4. The summed E-state index contributed by atoms with van der Waals surface area (Å²) in [4.78, 5) is 0. The molecule has 0 radical (unpaired) electrons. The van der Waals surface area contributed by atoms with Crippen LogP contribution < -0.4 is 0 Å². The first-order valence-corrected chi connectivity index (χ1v) is 6.37. The van der Waals surface area contributed by atoms with Crippen LogP contribution in [-0.4, -0.2) is 29.4 Å². The fourth-order valence-corrected chi connectivity index (χ4v) is 1.68. The van der Waals surface area contributed by atoms with Crippen molar-refractivity contribution in [2.24, 2.45) is 0 Å². The molecule has 1 aromatic rings. The van der Waals surface area contributed by atoms with Gasteiger partial charge in [-0.25, -0.2) is 8.42 Å². The lowest BCUT2D eigenvalue weighted by molar-refractivity contribution is 0.551. The zero-order valence-corrected chi connectivity index (χ0v) is 9.61. The molecule has 80 valence electrons. The minimum absolute atomic E-state index is 0.171. The molecule has 0 saturated heterocycles. The Morgan fingerprint density at radius 3 is 2.36 bits per heavy atom. The maximum absolute atomic E-state index is 11.3. The van der Waals surface area contributed by atoms with Gasteiger partial charge in [0.1, 0.15) is 11.6 Å². The van der Waals surface area contributed by atoms with Crippen molar-refractivity contribution in [3.63, 3.8) is 0 Å². The van der Waals surface area contributed by atoms with E-state index in [1.54, 1.807) is 17.8 Å². The normalized spacial score (nSPS) is 14.6. The minimum atomic E-state index is -3.11. The van der Waals surface area contributed by atoms with Gasteiger partial charge in [0.2, 0.25) is 0 Å². The van der Waals surface area contributed by atoms with Gasteiger partial charge >= 0.3 is 0 Å². The van der Waals surface area contributed by atoms with Gasteiger partial charge in [0.05, 0.1) is 0 Å². The van der Waals surface area contributed by atoms with Crippen LogP contribution in [0.3, 0.4) is 0 Å².